The first-order valence-corrected chi connectivity index (χ1v) is 8.05. The van der Waals surface area contributed by atoms with Crippen LogP contribution >= 0.6 is 0 Å². The Morgan fingerprint density at radius 1 is 1.38 bits per heavy atom. The number of rotatable bonds is 5. The summed E-state index contributed by atoms with van der Waals surface area (Å²) in [6, 6.07) is 4.93. The lowest BCUT2D eigenvalue weighted by molar-refractivity contribution is -0.0415. The summed E-state index contributed by atoms with van der Waals surface area (Å²) in [6.07, 6.45) is 0.161. The second-order valence-electron chi connectivity index (χ2n) is 6.45. The molecule has 0 aliphatic carbocycles. The van der Waals surface area contributed by atoms with Crippen LogP contribution in [0.3, 0.4) is 0 Å². The fraction of sp³-hybridized carbons (Fsp3) is 0.562. The van der Waals surface area contributed by atoms with Gasteiger partial charge in [0, 0.05) is 19.6 Å². The molecule has 1 aromatic carbocycles. The summed E-state index contributed by atoms with van der Waals surface area (Å²) in [5, 5.41) is 11.8. The third kappa shape index (κ3) is 3.95. The van der Waals surface area contributed by atoms with Crippen molar-refractivity contribution in [3.05, 3.63) is 35.4 Å². The molecule has 0 bridgehead atoms. The summed E-state index contributed by atoms with van der Waals surface area (Å²) in [6.45, 7) is 5.65. The first-order valence-electron chi connectivity index (χ1n) is 8.05. The average Bonchev–Trinajstić information content (AvgIpc) is 2.97. The second-order valence-corrected chi connectivity index (χ2v) is 6.45. The van der Waals surface area contributed by atoms with Gasteiger partial charge in [0.05, 0.1) is 19.3 Å². The number of ether oxygens (including phenoxy) is 1. The zero-order valence-electron chi connectivity index (χ0n) is 14.3. The van der Waals surface area contributed by atoms with E-state index in [0.29, 0.717) is 24.7 Å². The molecule has 0 spiro atoms. The van der Waals surface area contributed by atoms with Gasteiger partial charge in [-0.2, -0.15) is 4.68 Å². The molecule has 1 saturated heterocycles. The fourth-order valence-corrected chi connectivity index (χ4v) is 2.92. The maximum absolute atomic E-state index is 14.1. The summed E-state index contributed by atoms with van der Waals surface area (Å²) in [5.74, 6) is 0.298. The molecular formula is C16H23FN6O. The molecule has 0 saturated carbocycles. The van der Waals surface area contributed by atoms with Crippen molar-refractivity contribution in [3.8, 4) is 5.69 Å². The lowest BCUT2D eigenvalue weighted by atomic mass is 10.2. The van der Waals surface area contributed by atoms with Crippen LogP contribution in [0.25, 0.3) is 5.69 Å². The number of likely N-dealkylation sites (N-methyl/N-ethyl adjacent to an activating group) is 1. The number of hydrogen-bond acceptors (Lipinski definition) is 6. The molecule has 1 fully saturated rings. The van der Waals surface area contributed by atoms with E-state index in [0.717, 1.165) is 25.2 Å². The van der Waals surface area contributed by atoms with Gasteiger partial charge in [0.25, 0.3) is 0 Å². The Hall–Kier alpha value is -1.90. The van der Waals surface area contributed by atoms with Crippen LogP contribution in [0.2, 0.25) is 0 Å². The standard InChI is InChI=1S/C16H23FN6O/c1-12-4-5-14(17)15(8-12)23-16(18-19-20-23)11-22-6-7-24-13(10-22)9-21(2)3/h4-5,8,13H,6-7,9-11H2,1-3H3. The van der Waals surface area contributed by atoms with E-state index in [4.69, 9.17) is 4.74 Å². The Morgan fingerprint density at radius 2 is 2.21 bits per heavy atom. The van der Waals surface area contributed by atoms with Crippen LogP contribution in [0.1, 0.15) is 11.4 Å². The number of aromatic nitrogens is 4. The molecule has 0 amide bonds. The molecular weight excluding hydrogens is 311 g/mol. The Balaban J connectivity index is 1.75. The summed E-state index contributed by atoms with van der Waals surface area (Å²) < 4.78 is 21.4. The molecule has 1 aromatic heterocycles. The summed E-state index contributed by atoms with van der Waals surface area (Å²) in [5.41, 5.74) is 1.35. The zero-order valence-corrected chi connectivity index (χ0v) is 14.3. The van der Waals surface area contributed by atoms with E-state index in [9.17, 15) is 4.39 Å². The van der Waals surface area contributed by atoms with Crippen LogP contribution in [0.5, 0.6) is 0 Å². The number of benzene rings is 1. The lowest BCUT2D eigenvalue weighted by Crippen LogP contribution is -2.46. The van der Waals surface area contributed by atoms with E-state index in [1.807, 2.05) is 21.0 Å². The maximum Gasteiger partial charge on any atom is 0.170 e. The van der Waals surface area contributed by atoms with Crippen molar-refractivity contribution < 1.29 is 9.13 Å². The quantitative estimate of drug-likeness (QED) is 0.809. The first kappa shape index (κ1) is 16.9. The molecule has 0 radical (unpaired) electrons. The third-order valence-corrected chi connectivity index (χ3v) is 4.02. The minimum atomic E-state index is -0.332. The van der Waals surface area contributed by atoms with Crippen LogP contribution in [0, 0.1) is 12.7 Å². The van der Waals surface area contributed by atoms with Gasteiger partial charge < -0.3 is 9.64 Å². The highest BCUT2D eigenvalue weighted by atomic mass is 19.1. The average molecular weight is 334 g/mol. The number of halogens is 1. The third-order valence-electron chi connectivity index (χ3n) is 4.02. The van der Waals surface area contributed by atoms with Crippen molar-refractivity contribution in [1.82, 2.24) is 30.0 Å². The van der Waals surface area contributed by atoms with Crippen molar-refractivity contribution in [2.45, 2.75) is 19.6 Å². The van der Waals surface area contributed by atoms with Gasteiger partial charge in [0.2, 0.25) is 0 Å². The monoisotopic (exact) mass is 334 g/mol. The Bertz CT molecular complexity index is 689. The molecule has 7 nitrogen and oxygen atoms in total. The summed E-state index contributed by atoms with van der Waals surface area (Å²) in [4.78, 5) is 4.36. The molecule has 2 heterocycles. The van der Waals surface area contributed by atoms with Gasteiger partial charge in [-0.15, -0.1) is 5.10 Å². The maximum atomic E-state index is 14.1. The number of morpholine rings is 1. The molecule has 0 N–H and O–H groups in total. The van der Waals surface area contributed by atoms with Crippen LogP contribution in [-0.2, 0) is 11.3 Å². The number of tetrazole rings is 1. The minimum absolute atomic E-state index is 0.161. The number of hydrogen-bond donors (Lipinski definition) is 0. The summed E-state index contributed by atoms with van der Waals surface area (Å²) >= 11 is 0. The van der Waals surface area contributed by atoms with Gasteiger partial charge >= 0.3 is 0 Å². The topological polar surface area (TPSA) is 59.3 Å². The fourth-order valence-electron chi connectivity index (χ4n) is 2.92. The predicted molar refractivity (Wildman–Crippen MR) is 87.4 cm³/mol. The molecule has 1 aliphatic heterocycles. The second kappa shape index (κ2) is 7.33. The molecule has 1 aliphatic rings. The molecule has 130 valence electrons. The van der Waals surface area contributed by atoms with Crippen molar-refractivity contribution in [2.24, 2.45) is 0 Å². The van der Waals surface area contributed by atoms with E-state index < -0.39 is 0 Å². The molecule has 3 rings (SSSR count). The smallest absolute Gasteiger partial charge is 0.170 e. The van der Waals surface area contributed by atoms with E-state index in [1.54, 1.807) is 12.1 Å². The van der Waals surface area contributed by atoms with E-state index >= 15 is 0 Å². The molecule has 1 atom stereocenters. The van der Waals surface area contributed by atoms with Crippen LogP contribution in [-0.4, -0.2) is 76.4 Å². The van der Waals surface area contributed by atoms with Gasteiger partial charge in [-0.1, -0.05) is 6.07 Å². The van der Waals surface area contributed by atoms with Gasteiger partial charge in [0.1, 0.15) is 11.5 Å². The van der Waals surface area contributed by atoms with Crippen LogP contribution in [0.15, 0.2) is 18.2 Å². The molecule has 2 aromatic rings. The largest absolute Gasteiger partial charge is 0.374 e. The highest BCUT2D eigenvalue weighted by Crippen LogP contribution is 2.17. The SMILES string of the molecule is Cc1ccc(F)c(-n2nnnc2CN2CCOC(CN(C)C)C2)c1. The van der Waals surface area contributed by atoms with Crippen molar-refractivity contribution in [2.75, 3.05) is 40.3 Å². The van der Waals surface area contributed by atoms with Crippen LogP contribution in [0.4, 0.5) is 4.39 Å². The molecule has 1 unspecified atom stereocenters. The van der Waals surface area contributed by atoms with E-state index in [1.165, 1.54) is 10.7 Å². The van der Waals surface area contributed by atoms with Gasteiger partial charge in [-0.05, 0) is 49.1 Å². The van der Waals surface area contributed by atoms with Gasteiger partial charge in [-0.25, -0.2) is 4.39 Å². The Kier molecular flexibility index (Phi) is 5.17. The molecule has 24 heavy (non-hydrogen) atoms. The first-order chi connectivity index (χ1) is 11.5. The highest BCUT2D eigenvalue weighted by Gasteiger charge is 2.23. The molecule has 8 heteroatoms. The predicted octanol–water partition coefficient (Wildman–Crippen LogP) is 0.872. The van der Waals surface area contributed by atoms with Crippen molar-refractivity contribution in [1.29, 1.82) is 0 Å². The highest BCUT2D eigenvalue weighted by molar-refractivity contribution is 5.36. The number of nitrogens with zero attached hydrogens (tertiary/aromatic N) is 6. The van der Waals surface area contributed by atoms with Gasteiger partial charge in [-0.3, -0.25) is 4.90 Å². The summed E-state index contributed by atoms with van der Waals surface area (Å²) in [7, 11) is 4.06. The Labute approximate surface area is 141 Å². The van der Waals surface area contributed by atoms with E-state index in [2.05, 4.69) is 25.3 Å². The van der Waals surface area contributed by atoms with Crippen molar-refractivity contribution >= 4 is 0 Å². The Morgan fingerprint density at radius 3 is 3.00 bits per heavy atom. The zero-order chi connectivity index (χ0) is 17.1. The normalized spacial score (nSPS) is 19.1. The van der Waals surface area contributed by atoms with E-state index in [-0.39, 0.29) is 11.9 Å². The van der Waals surface area contributed by atoms with Crippen molar-refractivity contribution in [3.63, 3.8) is 0 Å². The number of aryl methyl sites for hydroxylation is 1. The minimum Gasteiger partial charge on any atom is -0.374 e. The lowest BCUT2D eigenvalue weighted by Gasteiger charge is -2.33. The van der Waals surface area contributed by atoms with Gasteiger partial charge in [0.15, 0.2) is 5.82 Å². The van der Waals surface area contributed by atoms with Crippen LogP contribution < -0.4 is 0 Å².